The van der Waals surface area contributed by atoms with E-state index in [4.69, 9.17) is 4.74 Å². The van der Waals surface area contributed by atoms with E-state index in [1.54, 1.807) is 0 Å². The lowest BCUT2D eigenvalue weighted by atomic mass is 9.98. The van der Waals surface area contributed by atoms with Crippen LogP contribution < -0.4 is 0 Å². The van der Waals surface area contributed by atoms with Gasteiger partial charge in [-0.15, -0.1) is 0 Å². The van der Waals surface area contributed by atoms with E-state index in [0.29, 0.717) is 5.69 Å². The smallest absolute Gasteiger partial charge is 0.274 e. The summed E-state index contributed by atoms with van der Waals surface area (Å²) < 4.78 is 5.81. The number of aromatic amines is 1. The minimum Gasteiger partial charge on any atom is -0.369 e. The lowest BCUT2D eigenvalue weighted by Gasteiger charge is -2.32. The summed E-state index contributed by atoms with van der Waals surface area (Å²) in [4.78, 5) is 17.3. The molecule has 23 heavy (non-hydrogen) atoms. The molecular weight excluding hydrogens is 292 g/mol. The summed E-state index contributed by atoms with van der Waals surface area (Å²) >= 11 is 0. The van der Waals surface area contributed by atoms with Crippen LogP contribution in [0.4, 0.5) is 0 Å². The summed E-state index contributed by atoms with van der Waals surface area (Å²) in [5.41, 5.74) is 2.71. The largest absolute Gasteiger partial charge is 0.369 e. The van der Waals surface area contributed by atoms with Crippen LogP contribution in [-0.4, -0.2) is 64.2 Å². The fraction of sp³-hybridized carbons (Fsp3) is 0.765. The highest BCUT2D eigenvalue weighted by atomic mass is 16.5. The molecule has 1 amide bonds. The predicted octanol–water partition coefficient (Wildman–Crippen LogP) is 1.99. The number of amides is 1. The Bertz CT molecular complexity index is 595. The molecule has 1 aromatic rings. The van der Waals surface area contributed by atoms with Gasteiger partial charge in [-0.1, -0.05) is 0 Å². The number of nitrogens with zero attached hydrogens (tertiary/aromatic N) is 3. The predicted molar refractivity (Wildman–Crippen MR) is 88.5 cm³/mol. The monoisotopic (exact) mass is 320 g/mol. The molecule has 6 heteroatoms. The zero-order valence-electron chi connectivity index (χ0n) is 14.8. The Labute approximate surface area is 138 Å². The molecule has 1 fully saturated rings. The van der Waals surface area contributed by atoms with Gasteiger partial charge in [0.1, 0.15) is 0 Å². The summed E-state index contributed by atoms with van der Waals surface area (Å²) in [7, 11) is 2.13. The molecule has 2 aliphatic heterocycles. The maximum Gasteiger partial charge on any atom is 0.274 e. The Morgan fingerprint density at radius 1 is 1.30 bits per heavy atom. The van der Waals surface area contributed by atoms with Crippen LogP contribution in [0.1, 0.15) is 62.0 Å². The van der Waals surface area contributed by atoms with Gasteiger partial charge in [0.2, 0.25) is 0 Å². The lowest BCUT2D eigenvalue weighted by molar-refractivity contribution is -0.00701. The number of H-pyrrole nitrogens is 1. The molecule has 6 nitrogen and oxygen atoms in total. The first kappa shape index (κ1) is 16.5. The van der Waals surface area contributed by atoms with Crippen molar-refractivity contribution in [2.75, 3.05) is 26.7 Å². The third kappa shape index (κ3) is 3.02. The van der Waals surface area contributed by atoms with Gasteiger partial charge >= 0.3 is 0 Å². The van der Waals surface area contributed by atoms with Gasteiger partial charge in [-0.2, -0.15) is 5.10 Å². The number of fused-ring (bicyclic) bond motifs is 1. The molecule has 0 unspecified atom stereocenters. The number of hydrogen-bond donors (Lipinski definition) is 1. The highest BCUT2D eigenvalue weighted by Gasteiger charge is 2.34. The van der Waals surface area contributed by atoms with Crippen molar-refractivity contribution in [3.05, 3.63) is 17.0 Å². The van der Waals surface area contributed by atoms with E-state index in [9.17, 15) is 4.79 Å². The second kappa shape index (κ2) is 5.91. The first-order chi connectivity index (χ1) is 10.8. The quantitative estimate of drug-likeness (QED) is 0.859. The Hall–Kier alpha value is -1.40. The second-order valence-corrected chi connectivity index (χ2v) is 7.53. The number of likely N-dealkylation sites (N-methyl/N-ethyl adjacent to an activating group) is 1. The molecule has 1 saturated heterocycles. The van der Waals surface area contributed by atoms with E-state index < -0.39 is 0 Å². The zero-order valence-corrected chi connectivity index (χ0v) is 14.8. The molecule has 2 aliphatic rings. The van der Waals surface area contributed by atoms with Crippen molar-refractivity contribution in [1.29, 1.82) is 0 Å². The van der Waals surface area contributed by atoms with E-state index in [1.807, 2.05) is 18.7 Å². The molecular formula is C17H28N4O2. The van der Waals surface area contributed by atoms with Crippen LogP contribution >= 0.6 is 0 Å². The number of carbonyl (C=O) groups excluding carboxylic acids is 1. The summed E-state index contributed by atoms with van der Waals surface area (Å²) in [6.45, 7) is 10.9. The highest BCUT2D eigenvalue weighted by Crippen LogP contribution is 2.31. The van der Waals surface area contributed by atoms with Crippen LogP contribution in [0.3, 0.4) is 0 Å². The van der Waals surface area contributed by atoms with E-state index >= 15 is 0 Å². The fourth-order valence-corrected chi connectivity index (χ4v) is 3.49. The molecule has 2 atom stereocenters. The van der Waals surface area contributed by atoms with Crippen molar-refractivity contribution >= 4 is 5.91 Å². The van der Waals surface area contributed by atoms with Crippen LogP contribution in [0, 0.1) is 0 Å². The molecule has 1 aromatic heterocycles. The van der Waals surface area contributed by atoms with Crippen LogP contribution in [0.5, 0.6) is 0 Å². The molecule has 0 saturated carbocycles. The average molecular weight is 320 g/mol. The van der Waals surface area contributed by atoms with Gasteiger partial charge in [0.05, 0.1) is 17.9 Å². The molecule has 0 aliphatic carbocycles. The maximum atomic E-state index is 13.0. The Kier molecular flexibility index (Phi) is 4.23. The van der Waals surface area contributed by atoms with Gasteiger partial charge < -0.3 is 9.64 Å². The number of carbonyl (C=O) groups is 1. The summed E-state index contributed by atoms with van der Waals surface area (Å²) in [6, 6.07) is 0. The topological polar surface area (TPSA) is 61.5 Å². The fourth-order valence-electron chi connectivity index (χ4n) is 3.49. The molecule has 1 N–H and O–H groups in total. The van der Waals surface area contributed by atoms with Crippen LogP contribution in [0.15, 0.2) is 0 Å². The maximum absolute atomic E-state index is 13.0. The van der Waals surface area contributed by atoms with E-state index in [2.05, 4.69) is 36.0 Å². The highest BCUT2D eigenvalue weighted by molar-refractivity contribution is 5.94. The first-order valence-electron chi connectivity index (χ1n) is 8.52. The van der Waals surface area contributed by atoms with Crippen molar-refractivity contribution < 1.29 is 9.53 Å². The summed E-state index contributed by atoms with van der Waals surface area (Å²) in [5.74, 6) is 0.0508. The van der Waals surface area contributed by atoms with E-state index in [-0.39, 0.29) is 23.7 Å². The minimum atomic E-state index is -0.0306. The van der Waals surface area contributed by atoms with Crippen molar-refractivity contribution in [3.8, 4) is 0 Å². The van der Waals surface area contributed by atoms with Gasteiger partial charge in [-0.05, 0) is 41.2 Å². The van der Waals surface area contributed by atoms with Gasteiger partial charge in [0, 0.05) is 37.2 Å². The van der Waals surface area contributed by atoms with Crippen LogP contribution in [-0.2, 0) is 11.2 Å². The van der Waals surface area contributed by atoms with Gasteiger partial charge in [0.25, 0.3) is 5.91 Å². The number of hydrogen-bond acceptors (Lipinski definition) is 4. The first-order valence-corrected chi connectivity index (χ1v) is 8.52. The molecule has 0 bridgehead atoms. The Morgan fingerprint density at radius 2 is 2.04 bits per heavy atom. The molecule has 3 rings (SSSR count). The number of ether oxygens (including phenoxy) is 1. The molecule has 0 spiro atoms. The third-order valence-electron chi connectivity index (χ3n) is 5.46. The van der Waals surface area contributed by atoms with Gasteiger partial charge in [0.15, 0.2) is 5.69 Å². The Balaban J connectivity index is 1.82. The Morgan fingerprint density at radius 3 is 2.78 bits per heavy atom. The SMILES string of the molecule is C[C@@H]1Cc2c(C(=O)N3CCN(C)C(C)(C)CC3)n[nH]c2[C@H](C)O1. The number of rotatable bonds is 1. The molecule has 128 valence electrons. The van der Waals surface area contributed by atoms with Gasteiger partial charge in [-0.25, -0.2) is 0 Å². The van der Waals surface area contributed by atoms with Crippen molar-refractivity contribution in [2.45, 2.75) is 58.3 Å². The number of aromatic nitrogens is 2. The average Bonchev–Trinajstić information content (AvgIpc) is 2.84. The second-order valence-electron chi connectivity index (χ2n) is 7.53. The third-order valence-corrected chi connectivity index (χ3v) is 5.46. The molecule has 3 heterocycles. The van der Waals surface area contributed by atoms with Crippen molar-refractivity contribution in [1.82, 2.24) is 20.0 Å². The summed E-state index contributed by atoms with van der Waals surface area (Å²) in [5, 5.41) is 7.36. The van der Waals surface area contributed by atoms with E-state index in [0.717, 1.165) is 43.7 Å². The summed E-state index contributed by atoms with van der Waals surface area (Å²) in [6.07, 6.45) is 1.81. The van der Waals surface area contributed by atoms with Crippen LogP contribution in [0.25, 0.3) is 0 Å². The van der Waals surface area contributed by atoms with Crippen molar-refractivity contribution in [2.24, 2.45) is 0 Å². The molecule has 0 aromatic carbocycles. The number of nitrogens with one attached hydrogen (secondary N) is 1. The van der Waals surface area contributed by atoms with Crippen LogP contribution in [0.2, 0.25) is 0 Å². The van der Waals surface area contributed by atoms with E-state index in [1.165, 1.54) is 0 Å². The van der Waals surface area contributed by atoms with Crippen molar-refractivity contribution in [3.63, 3.8) is 0 Å². The lowest BCUT2D eigenvalue weighted by Crippen LogP contribution is -2.41. The molecule has 0 radical (unpaired) electrons. The minimum absolute atomic E-state index is 0.0306. The zero-order chi connectivity index (χ0) is 16.8. The van der Waals surface area contributed by atoms with Gasteiger partial charge in [-0.3, -0.25) is 14.8 Å². The standard InChI is InChI=1S/C17H28N4O2/c1-11-10-13-14(12(2)23-11)18-19-15(13)16(22)21-7-6-17(3,4)20(5)8-9-21/h11-12H,6-10H2,1-5H3,(H,18,19)/t11-,12+/m1/s1. The normalized spacial score (nSPS) is 28.3.